The second-order valence-corrected chi connectivity index (χ2v) is 5.06. The molecule has 0 aliphatic heterocycles. The number of aliphatic hydroxyl groups excluding tert-OH is 1. The zero-order valence-electron chi connectivity index (χ0n) is 11.1. The number of nitrogens with zero attached hydrogens (tertiary/aromatic N) is 2. The Bertz CT molecular complexity index is 653. The maximum atomic E-state index is 12.7. The molecule has 1 saturated carbocycles. The van der Waals surface area contributed by atoms with Gasteiger partial charge in [0.1, 0.15) is 5.82 Å². The standard InChI is InChI=1S/C15H17N3O2/c16-14-12-4-2-1-3-11(12)13(9-17-14)15(20)18(7-8-19)10-5-6-10/h1-4,9-10,19H,5-8H2,(H2,16,17). The van der Waals surface area contributed by atoms with Crippen LogP contribution in [0.3, 0.4) is 0 Å². The summed E-state index contributed by atoms with van der Waals surface area (Å²) in [5.74, 6) is 0.350. The van der Waals surface area contributed by atoms with Crippen molar-refractivity contribution in [1.82, 2.24) is 9.88 Å². The molecule has 20 heavy (non-hydrogen) atoms. The highest BCUT2D eigenvalue weighted by atomic mass is 16.3. The molecule has 2 aromatic rings. The van der Waals surface area contributed by atoms with E-state index in [1.54, 1.807) is 4.90 Å². The van der Waals surface area contributed by atoms with Crippen molar-refractivity contribution >= 4 is 22.5 Å². The number of anilines is 1. The lowest BCUT2D eigenvalue weighted by Crippen LogP contribution is -2.35. The van der Waals surface area contributed by atoms with E-state index in [0.29, 0.717) is 17.9 Å². The van der Waals surface area contributed by atoms with E-state index in [0.717, 1.165) is 23.6 Å². The predicted octanol–water partition coefficient (Wildman–Crippen LogP) is 1.41. The second-order valence-electron chi connectivity index (χ2n) is 5.06. The SMILES string of the molecule is Nc1ncc(C(=O)N(CCO)C2CC2)c2ccccc12. The Balaban J connectivity index is 2.05. The summed E-state index contributed by atoms with van der Waals surface area (Å²) in [4.78, 5) is 18.5. The summed E-state index contributed by atoms with van der Waals surface area (Å²) in [5, 5.41) is 10.7. The summed E-state index contributed by atoms with van der Waals surface area (Å²) < 4.78 is 0. The van der Waals surface area contributed by atoms with E-state index in [9.17, 15) is 4.79 Å². The Morgan fingerprint density at radius 2 is 2.05 bits per heavy atom. The first kappa shape index (κ1) is 12.9. The average molecular weight is 271 g/mol. The quantitative estimate of drug-likeness (QED) is 0.881. The van der Waals surface area contributed by atoms with Crippen LogP contribution >= 0.6 is 0 Å². The number of nitrogen functional groups attached to an aromatic ring is 1. The van der Waals surface area contributed by atoms with Crippen molar-refractivity contribution in [2.75, 3.05) is 18.9 Å². The fraction of sp³-hybridized carbons (Fsp3) is 0.333. The molecule has 0 atom stereocenters. The minimum Gasteiger partial charge on any atom is -0.395 e. The monoisotopic (exact) mass is 271 g/mol. The molecule has 1 aromatic heterocycles. The molecule has 104 valence electrons. The molecule has 3 N–H and O–H groups in total. The van der Waals surface area contributed by atoms with Gasteiger partial charge in [-0.05, 0) is 18.2 Å². The van der Waals surface area contributed by atoms with Gasteiger partial charge in [-0.3, -0.25) is 4.79 Å². The Kier molecular flexibility index (Phi) is 3.28. The molecule has 1 heterocycles. The highest BCUT2D eigenvalue weighted by Crippen LogP contribution is 2.30. The smallest absolute Gasteiger partial charge is 0.256 e. The molecule has 0 bridgehead atoms. The molecule has 0 spiro atoms. The van der Waals surface area contributed by atoms with E-state index in [2.05, 4.69) is 4.98 Å². The minimum absolute atomic E-state index is 0.0252. The number of rotatable bonds is 4. The Hall–Kier alpha value is -2.14. The van der Waals surface area contributed by atoms with Crippen molar-refractivity contribution in [3.63, 3.8) is 0 Å². The van der Waals surface area contributed by atoms with Crippen LogP contribution in [-0.4, -0.2) is 40.1 Å². The maximum absolute atomic E-state index is 12.7. The van der Waals surface area contributed by atoms with Crippen LogP contribution in [0.15, 0.2) is 30.5 Å². The molecule has 3 rings (SSSR count). The van der Waals surface area contributed by atoms with Crippen molar-refractivity contribution in [3.05, 3.63) is 36.0 Å². The summed E-state index contributed by atoms with van der Waals surface area (Å²) in [6, 6.07) is 7.76. The lowest BCUT2D eigenvalue weighted by atomic mass is 10.1. The van der Waals surface area contributed by atoms with Crippen molar-refractivity contribution < 1.29 is 9.90 Å². The molecule has 5 nitrogen and oxygen atoms in total. The van der Waals surface area contributed by atoms with Gasteiger partial charge in [0.2, 0.25) is 0 Å². The van der Waals surface area contributed by atoms with Crippen LogP contribution in [0, 0.1) is 0 Å². The number of aromatic nitrogens is 1. The molecule has 1 aromatic carbocycles. The average Bonchev–Trinajstić information content (AvgIpc) is 3.29. The molecule has 0 unspecified atom stereocenters. The number of fused-ring (bicyclic) bond motifs is 1. The lowest BCUT2D eigenvalue weighted by molar-refractivity contribution is 0.0709. The van der Waals surface area contributed by atoms with E-state index in [1.165, 1.54) is 6.20 Å². The molecule has 5 heteroatoms. The van der Waals surface area contributed by atoms with E-state index in [1.807, 2.05) is 24.3 Å². The second kappa shape index (κ2) is 5.09. The van der Waals surface area contributed by atoms with Gasteiger partial charge in [0.15, 0.2) is 0 Å². The Morgan fingerprint density at radius 3 is 2.70 bits per heavy atom. The molecule has 0 saturated heterocycles. The van der Waals surface area contributed by atoms with Gasteiger partial charge >= 0.3 is 0 Å². The number of nitrogens with two attached hydrogens (primary N) is 1. The van der Waals surface area contributed by atoms with Crippen molar-refractivity contribution in [3.8, 4) is 0 Å². The lowest BCUT2D eigenvalue weighted by Gasteiger charge is -2.22. The van der Waals surface area contributed by atoms with Gasteiger partial charge < -0.3 is 15.7 Å². The van der Waals surface area contributed by atoms with Crippen molar-refractivity contribution in [2.24, 2.45) is 0 Å². The first-order valence-electron chi connectivity index (χ1n) is 6.77. The zero-order chi connectivity index (χ0) is 14.1. The molecule has 1 amide bonds. The summed E-state index contributed by atoms with van der Waals surface area (Å²) in [5.41, 5.74) is 6.41. The van der Waals surface area contributed by atoms with E-state index >= 15 is 0 Å². The zero-order valence-corrected chi connectivity index (χ0v) is 11.1. The van der Waals surface area contributed by atoms with Crippen LogP contribution in [0.4, 0.5) is 5.82 Å². The van der Waals surface area contributed by atoms with Gasteiger partial charge in [0, 0.05) is 24.2 Å². The van der Waals surface area contributed by atoms with Crippen LogP contribution in [0.25, 0.3) is 10.8 Å². The normalized spacial score (nSPS) is 14.4. The largest absolute Gasteiger partial charge is 0.395 e. The number of carbonyl (C=O) groups is 1. The number of pyridine rings is 1. The summed E-state index contributed by atoms with van der Waals surface area (Å²) in [6.45, 7) is 0.338. The molecule has 1 fully saturated rings. The van der Waals surface area contributed by atoms with Gasteiger partial charge in [-0.2, -0.15) is 0 Å². The molecular formula is C15H17N3O2. The van der Waals surface area contributed by atoms with Gasteiger partial charge in [0.25, 0.3) is 5.91 Å². The van der Waals surface area contributed by atoms with Crippen LogP contribution in [0.5, 0.6) is 0 Å². The minimum atomic E-state index is -0.0785. The fourth-order valence-corrected chi connectivity index (χ4v) is 2.48. The highest BCUT2D eigenvalue weighted by molar-refractivity contribution is 6.09. The van der Waals surface area contributed by atoms with Gasteiger partial charge in [-0.15, -0.1) is 0 Å². The Labute approximate surface area is 117 Å². The number of hydrogen-bond acceptors (Lipinski definition) is 4. The van der Waals surface area contributed by atoms with Crippen molar-refractivity contribution in [2.45, 2.75) is 18.9 Å². The predicted molar refractivity (Wildman–Crippen MR) is 77.3 cm³/mol. The number of amides is 1. The Morgan fingerprint density at radius 1 is 1.35 bits per heavy atom. The number of benzene rings is 1. The number of aliphatic hydroxyl groups is 1. The topological polar surface area (TPSA) is 79.5 Å². The van der Waals surface area contributed by atoms with E-state index in [-0.39, 0.29) is 18.6 Å². The third-order valence-corrected chi connectivity index (χ3v) is 3.65. The highest BCUT2D eigenvalue weighted by Gasteiger charge is 2.33. The van der Waals surface area contributed by atoms with Crippen molar-refractivity contribution in [1.29, 1.82) is 0 Å². The fourth-order valence-electron chi connectivity index (χ4n) is 2.48. The third-order valence-electron chi connectivity index (χ3n) is 3.65. The molecule has 0 radical (unpaired) electrons. The third kappa shape index (κ3) is 2.20. The van der Waals surface area contributed by atoms with Crippen LogP contribution in [-0.2, 0) is 0 Å². The van der Waals surface area contributed by atoms with Crippen LogP contribution in [0.2, 0.25) is 0 Å². The van der Waals surface area contributed by atoms with Crippen LogP contribution in [0.1, 0.15) is 23.2 Å². The molecule has 1 aliphatic carbocycles. The first-order chi connectivity index (χ1) is 9.72. The number of hydrogen-bond donors (Lipinski definition) is 2. The first-order valence-corrected chi connectivity index (χ1v) is 6.77. The number of carbonyl (C=O) groups excluding carboxylic acids is 1. The molecular weight excluding hydrogens is 254 g/mol. The summed E-state index contributed by atoms with van der Waals surface area (Å²) in [7, 11) is 0. The van der Waals surface area contributed by atoms with Gasteiger partial charge in [-0.25, -0.2) is 4.98 Å². The van der Waals surface area contributed by atoms with E-state index in [4.69, 9.17) is 10.8 Å². The van der Waals surface area contributed by atoms with E-state index < -0.39 is 0 Å². The molecule has 1 aliphatic rings. The van der Waals surface area contributed by atoms with Gasteiger partial charge in [0.05, 0.1) is 12.2 Å². The summed E-state index contributed by atoms with van der Waals surface area (Å²) in [6.07, 6.45) is 3.55. The summed E-state index contributed by atoms with van der Waals surface area (Å²) >= 11 is 0. The maximum Gasteiger partial charge on any atom is 0.256 e. The van der Waals surface area contributed by atoms with Crippen LogP contribution < -0.4 is 5.73 Å². The van der Waals surface area contributed by atoms with Gasteiger partial charge in [-0.1, -0.05) is 24.3 Å².